The molecular weight excluding hydrogens is 662 g/mol. The Morgan fingerprint density at radius 1 is 0.612 bits per heavy atom. The third-order valence-corrected chi connectivity index (χ3v) is 8.03. The van der Waals surface area contributed by atoms with Crippen LogP contribution in [0.1, 0.15) is 195 Å². The summed E-state index contributed by atoms with van der Waals surface area (Å²) in [6, 6.07) is 0. The zero-order valence-corrected chi connectivity index (χ0v) is 35.1. The second-order valence-corrected chi connectivity index (χ2v) is 16.2. The number of unbranched alkanes of at least 4 members (excludes halogenated alkanes) is 22. The number of carbonyl (C=O) groups excluding carboxylic acids is 1. The summed E-state index contributed by atoms with van der Waals surface area (Å²) in [6.45, 7) is 7.60. The Morgan fingerprint density at radius 2 is 0.878 bits per heavy atom. The molecule has 0 unspecified atom stereocenters. The standard InChI is InChI=1S/C17H34O2.C16H33O2.C3H8O3.Na.H3O4P/c1-4-5-6-7-8-9-10-11-12-13-14-15-17(18)19-16(2)3;1-2-3-4-5-6-7-8-9-10-11-12-13-14-15-16(17)18;4-1-3(6)2-5;;1-5(2,3)4/h16H,4-15H2,1-3H3;17-18H,2-15H2,1H3;3-6H,1-2H2;;(H3,1,2,3,4). The number of phosphoric acid groups is 1. The number of aliphatic hydroxyl groups is 5. The summed E-state index contributed by atoms with van der Waals surface area (Å²) in [5.74, 6) is -0.0362. The molecule has 0 rings (SSSR count). The molecule has 0 aliphatic carbocycles. The summed E-state index contributed by atoms with van der Waals surface area (Å²) >= 11 is 0.460. The van der Waals surface area contributed by atoms with Crippen molar-refractivity contribution in [1.29, 1.82) is 0 Å². The van der Waals surface area contributed by atoms with Gasteiger partial charge in [0.2, 0.25) is 0 Å². The van der Waals surface area contributed by atoms with Crippen LogP contribution in [0, 0.1) is 0 Å². The van der Waals surface area contributed by atoms with Gasteiger partial charge < -0.3 is 34.7 Å². The van der Waals surface area contributed by atoms with Crippen LogP contribution >= 0.6 is 7.82 Å². The molecule has 0 aliphatic rings. The van der Waals surface area contributed by atoms with Gasteiger partial charge in [-0.2, -0.15) is 0 Å². The van der Waals surface area contributed by atoms with Crippen molar-refractivity contribution in [3.63, 3.8) is 0 Å². The van der Waals surface area contributed by atoms with E-state index in [0.29, 0.717) is 40.8 Å². The van der Waals surface area contributed by atoms with Crippen LogP contribution < -0.4 is 0 Å². The van der Waals surface area contributed by atoms with E-state index in [1.54, 1.807) is 0 Å². The van der Waals surface area contributed by atoms with Crippen molar-refractivity contribution in [2.45, 2.75) is 210 Å². The minimum atomic E-state index is -4.64. The van der Waals surface area contributed by atoms with Gasteiger partial charge in [-0.3, -0.25) is 4.79 Å². The molecule has 0 saturated heterocycles. The largest absolute Gasteiger partial charge is 0.466 e. The van der Waals surface area contributed by atoms with Crippen LogP contribution in [0.25, 0.3) is 0 Å². The Hall–Kier alpha value is 0.380. The maximum absolute atomic E-state index is 11.3. The van der Waals surface area contributed by atoms with E-state index in [-0.39, 0.29) is 25.3 Å². The summed E-state index contributed by atoms with van der Waals surface area (Å²) in [6.07, 6.45) is 32.0. The van der Waals surface area contributed by atoms with Crippen LogP contribution in [-0.4, -0.2) is 103 Å². The Kier molecular flexibility index (Phi) is 49.0. The number of ether oxygens (including phenoxy) is 1. The second-order valence-electron chi connectivity index (χ2n) is 13.6. The number of rotatable bonds is 29. The normalized spacial score (nSPS) is 11.3. The topological polar surface area (TPSA) is 205 Å². The molecule has 0 spiro atoms. The van der Waals surface area contributed by atoms with E-state index >= 15 is 0 Å². The fraction of sp³-hybridized carbons (Fsp3) is 0.972. The zero-order valence-electron chi connectivity index (χ0n) is 32.2. The van der Waals surface area contributed by atoms with Crippen molar-refractivity contribution in [2.75, 3.05) is 13.2 Å². The molecule has 0 aliphatic heterocycles. The summed E-state index contributed by atoms with van der Waals surface area (Å²) in [7, 11) is -4.64. The van der Waals surface area contributed by atoms with E-state index in [1.807, 2.05) is 13.8 Å². The Morgan fingerprint density at radius 3 is 1.10 bits per heavy atom. The molecular formula is C36H78NaO11P. The van der Waals surface area contributed by atoms with Crippen LogP contribution in [0.3, 0.4) is 0 Å². The first-order chi connectivity index (χ1) is 23.0. The fourth-order valence-electron chi connectivity index (χ4n) is 4.79. The molecule has 11 nitrogen and oxygen atoms in total. The number of esters is 1. The van der Waals surface area contributed by atoms with Crippen LogP contribution in [0.15, 0.2) is 0 Å². The summed E-state index contributed by atoms with van der Waals surface area (Å²) in [4.78, 5) is 32.9. The van der Waals surface area contributed by atoms with Crippen LogP contribution in [0.5, 0.6) is 0 Å². The molecule has 0 aromatic heterocycles. The van der Waals surface area contributed by atoms with Crippen molar-refractivity contribution in [3.05, 3.63) is 0 Å². The van der Waals surface area contributed by atoms with Gasteiger partial charge in [0, 0.05) is 6.42 Å². The quantitative estimate of drug-likeness (QED) is 0.0125. The third kappa shape index (κ3) is 74.5. The fourth-order valence-corrected chi connectivity index (χ4v) is 5.14. The number of carbonyl (C=O) groups is 1. The predicted molar refractivity (Wildman–Crippen MR) is 200 cm³/mol. The van der Waals surface area contributed by atoms with Crippen molar-refractivity contribution in [2.24, 2.45) is 0 Å². The summed E-state index contributed by atoms with van der Waals surface area (Å²) in [5.41, 5.74) is 0. The first-order valence-corrected chi connectivity index (χ1v) is 21.9. The maximum Gasteiger partial charge on any atom is 0.466 e. The van der Waals surface area contributed by atoms with Crippen molar-refractivity contribution in [3.8, 4) is 0 Å². The maximum atomic E-state index is 11.3. The van der Waals surface area contributed by atoms with Gasteiger partial charge >= 0.3 is 126 Å². The molecule has 49 heavy (non-hydrogen) atoms. The molecule has 0 aromatic rings. The zero-order chi connectivity index (χ0) is 38.2. The van der Waals surface area contributed by atoms with Gasteiger partial charge in [0.25, 0.3) is 0 Å². The van der Waals surface area contributed by atoms with Gasteiger partial charge in [0.15, 0.2) is 0 Å². The van der Waals surface area contributed by atoms with E-state index in [1.165, 1.54) is 135 Å². The second kappa shape index (κ2) is 42.8. The molecule has 294 valence electrons. The van der Waals surface area contributed by atoms with Crippen LogP contribution in [0.2, 0.25) is 0 Å². The number of hydrogen-bond acceptors (Lipinski definition) is 8. The minimum Gasteiger partial charge on any atom is -0.394 e. The van der Waals surface area contributed by atoms with E-state index in [2.05, 4.69) is 13.8 Å². The molecule has 0 saturated carbocycles. The summed E-state index contributed by atoms with van der Waals surface area (Å²) in [5, 5.41) is 42.4. The molecule has 13 heteroatoms. The molecule has 8 N–H and O–H groups in total. The predicted octanol–water partition coefficient (Wildman–Crippen LogP) is 7.32. The number of hydrogen-bond donors (Lipinski definition) is 8. The van der Waals surface area contributed by atoms with E-state index in [9.17, 15) is 15.0 Å². The minimum absolute atomic E-state index is 0.0280. The first kappa shape index (κ1) is 56.1. The van der Waals surface area contributed by atoms with Gasteiger partial charge in [-0.1, -0.05) is 97.3 Å². The van der Waals surface area contributed by atoms with Crippen molar-refractivity contribution < 1.29 is 54.3 Å². The number of aliphatic hydroxyl groups excluding tert-OH is 3. The third-order valence-electron chi connectivity index (χ3n) is 7.53. The average Bonchev–Trinajstić information content (AvgIpc) is 3.00. The van der Waals surface area contributed by atoms with Crippen molar-refractivity contribution in [1.82, 2.24) is 0 Å². The van der Waals surface area contributed by atoms with E-state index in [4.69, 9.17) is 39.3 Å². The average molecular weight is 741 g/mol. The van der Waals surface area contributed by atoms with Crippen molar-refractivity contribution >= 4 is 41.7 Å². The Labute approximate surface area is 317 Å². The molecule has 0 amide bonds. The monoisotopic (exact) mass is 741 g/mol. The molecule has 0 atom stereocenters. The van der Waals surface area contributed by atoms with Crippen LogP contribution in [0.4, 0.5) is 0 Å². The molecule has 0 heterocycles. The SMILES string of the molecule is CCCCCCCCCCCCCC(=O)OC(C)C.CCCCCCCCCCCCCCC[C](O)(O)[Na].O=P(O)(O)O.OCC(O)CO. The van der Waals surface area contributed by atoms with Gasteiger partial charge in [-0.05, 0) is 20.3 Å². The van der Waals surface area contributed by atoms with Crippen LogP contribution in [-0.2, 0) is 14.1 Å². The first-order valence-electron chi connectivity index (χ1n) is 19.4. The molecule has 0 aromatic carbocycles. The van der Waals surface area contributed by atoms with Gasteiger partial charge in [-0.15, -0.1) is 0 Å². The van der Waals surface area contributed by atoms with Gasteiger partial charge in [0.1, 0.15) is 6.10 Å². The smallest absolute Gasteiger partial charge is 0.394 e. The Bertz CT molecular complexity index is 676. The van der Waals surface area contributed by atoms with E-state index < -0.39 is 17.0 Å². The molecule has 0 bridgehead atoms. The van der Waals surface area contributed by atoms with Gasteiger partial charge in [0.05, 0.1) is 19.3 Å². The van der Waals surface area contributed by atoms with E-state index in [0.717, 1.165) is 19.3 Å². The van der Waals surface area contributed by atoms with Gasteiger partial charge in [-0.25, -0.2) is 4.57 Å². The Balaban J connectivity index is -0.000000317. The molecule has 0 fully saturated rings. The molecule has 0 radical (unpaired) electrons. The summed E-state index contributed by atoms with van der Waals surface area (Å²) < 4.78 is 12.7.